The van der Waals surface area contributed by atoms with Gasteiger partial charge in [0, 0.05) is 55.2 Å². The van der Waals surface area contributed by atoms with Gasteiger partial charge in [0.1, 0.15) is 26.4 Å². The molecule has 0 aliphatic rings. The Labute approximate surface area is 721 Å². The Bertz CT molecular complexity index is 2230. The van der Waals surface area contributed by atoms with E-state index in [1.807, 2.05) is 27.7 Å². The lowest BCUT2D eigenvalue weighted by Gasteiger charge is -2.34. The highest BCUT2D eigenvalue weighted by molar-refractivity contribution is 5.00. The quantitative estimate of drug-likeness (QED) is 0.0246. The Balaban J connectivity index is -0.0000000617. The molecule has 17 nitrogen and oxygen atoms in total. The van der Waals surface area contributed by atoms with Crippen LogP contribution < -0.4 is 0 Å². The fourth-order valence-electron chi connectivity index (χ4n) is 7.42. The van der Waals surface area contributed by atoms with E-state index in [4.69, 9.17) is 33.2 Å². The minimum Gasteiger partial charge on any atom is -0.396 e. The molecule has 0 aliphatic heterocycles. The molecule has 6 N–H and O–H groups in total. The highest BCUT2D eigenvalue weighted by Gasteiger charge is 2.81. The van der Waals surface area contributed by atoms with Gasteiger partial charge in [-0.05, 0) is 6.42 Å². The van der Waals surface area contributed by atoms with E-state index in [0.29, 0.717) is 13.0 Å². The Morgan fingerprint density at radius 2 is 0.352 bits per heavy atom. The van der Waals surface area contributed by atoms with E-state index in [9.17, 15) is 140 Å². The van der Waals surface area contributed by atoms with Crippen molar-refractivity contribution in [3.63, 3.8) is 0 Å². The molecule has 0 fully saturated rings. The molecule has 0 aromatic carbocycles. The molecule has 122 heavy (non-hydrogen) atoms. The third kappa shape index (κ3) is 68.6. The monoisotopic (exact) mass is 1890 g/mol. The van der Waals surface area contributed by atoms with Gasteiger partial charge in [0.25, 0.3) is 0 Å². The van der Waals surface area contributed by atoms with Crippen LogP contribution in [0.25, 0.3) is 0 Å². The Morgan fingerprint density at radius 1 is 0.189 bits per heavy atom. The maximum Gasteiger partial charge on any atom is 0.460 e. The second-order valence-electron chi connectivity index (χ2n) is 30.4. The topological polar surface area (TPSA) is 223 Å². The lowest BCUT2D eigenvalue weighted by atomic mass is 9.89. The van der Waals surface area contributed by atoms with Crippen molar-refractivity contribution in [2.45, 2.75) is 297 Å². The van der Waals surface area contributed by atoms with Gasteiger partial charge in [-0.1, -0.05) is 224 Å². The van der Waals surface area contributed by atoms with E-state index >= 15 is 0 Å². The van der Waals surface area contributed by atoms with E-state index in [1.165, 1.54) is 34.6 Å². The van der Waals surface area contributed by atoms with Crippen LogP contribution in [0.1, 0.15) is 237 Å². The molecule has 0 bridgehead atoms. The number of alkyl halides is 25. The molecule has 42 heteroatoms. The van der Waals surface area contributed by atoms with Crippen LogP contribution in [0, 0.1) is 48.7 Å². The van der Waals surface area contributed by atoms with Crippen LogP contribution in [-0.2, 0) is 52.1 Å². The summed E-state index contributed by atoms with van der Waals surface area (Å²) in [5, 5.41) is 56.9. The van der Waals surface area contributed by atoms with Crippen LogP contribution in [0.5, 0.6) is 0 Å². The molecule has 0 aromatic heterocycles. The number of rotatable bonds is 52. The summed E-state index contributed by atoms with van der Waals surface area (Å²) < 4.78 is 370. The van der Waals surface area contributed by atoms with Gasteiger partial charge in [-0.15, -0.1) is 0 Å². The smallest absolute Gasteiger partial charge is 0.396 e. The summed E-state index contributed by atoms with van der Waals surface area (Å²) in [7, 11) is 0. The number of hydrogen-bond acceptors (Lipinski definition) is 17. The molecule has 0 spiro atoms. The summed E-state index contributed by atoms with van der Waals surface area (Å²) in [6.07, 6.45) is -28.8. The molecule has 6 unspecified atom stereocenters. The molecule has 0 aromatic rings. The van der Waals surface area contributed by atoms with Gasteiger partial charge < -0.3 is 82.7 Å². The molecule has 0 heterocycles. The molecule has 0 saturated carbocycles. The number of aliphatic hydroxyl groups excluding tert-OH is 6. The molecule has 0 radical (unpaired) electrons. The van der Waals surface area contributed by atoms with Crippen LogP contribution in [0.15, 0.2) is 0 Å². The molecule has 0 amide bonds. The predicted octanol–water partition coefficient (Wildman–Crippen LogP) is 24.4. The SMILES string of the molecule is C.C.C.C.C.C.C.C.C.C.C.C.C.C.C.C.C.C.CC(C)(COCC(C)(CO)COCC(F)(F)C(F)(F)F)COCC(C)(CO)COCC(F)(F)C(F)(F)F.CC(C)(COCC(C)(CO)COCC(F)(F)F)COCC(C)(CO)COCC(F)(F)F.CCC(C)(CO)COCC(C)(C)COCC(C)(CO)COCCC(F)(F)C(F)(F)C(F)(F)C(F)(F)F. The maximum atomic E-state index is 13.6. The minimum atomic E-state index is -6.94. The van der Waals surface area contributed by atoms with Gasteiger partial charge in [0.05, 0.1) is 159 Å². The second kappa shape index (κ2) is 70.4. The third-order valence-corrected chi connectivity index (χ3v) is 14.8. The highest BCUT2D eigenvalue weighted by Crippen LogP contribution is 2.54. The van der Waals surface area contributed by atoms with Crippen molar-refractivity contribution in [2.24, 2.45) is 48.7 Å². The van der Waals surface area contributed by atoms with Gasteiger partial charge in [-0.2, -0.15) is 110 Å². The molecular formula is C80H177F25O17. The first-order valence-corrected chi connectivity index (χ1v) is 31.7. The van der Waals surface area contributed by atoms with Crippen LogP contribution in [0.4, 0.5) is 110 Å². The van der Waals surface area contributed by atoms with Gasteiger partial charge in [-0.3, -0.25) is 0 Å². The summed E-state index contributed by atoms with van der Waals surface area (Å²) in [5.41, 5.74) is -8.05. The van der Waals surface area contributed by atoms with Crippen LogP contribution in [0.3, 0.4) is 0 Å². The number of halogens is 25. The molecule has 0 aliphatic carbocycles. The van der Waals surface area contributed by atoms with Crippen LogP contribution >= 0.6 is 0 Å². The first-order valence-electron chi connectivity index (χ1n) is 31.7. The lowest BCUT2D eigenvalue weighted by molar-refractivity contribution is -0.397. The molecule has 0 rings (SSSR count). The normalized spacial score (nSPS) is 15.0. The van der Waals surface area contributed by atoms with Gasteiger partial charge in [0.2, 0.25) is 0 Å². The van der Waals surface area contributed by atoms with Gasteiger partial charge in [0.15, 0.2) is 0 Å². The van der Waals surface area contributed by atoms with Crippen molar-refractivity contribution in [1.82, 2.24) is 0 Å². The average Bonchev–Trinajstić information content (AvgIpc) is 0.744. The second-order valence-corrected chi connectivity index (χ2v) is 30.4. The van der Waals surface area contributed by atoms with Crippen molar-refractivity contribution in [2.75, 3.05) is 185 Å². The predicted molar refractivity (Wildman–Crippen MR) is 443 cm³/mol. The fraction of sp³-hybridized carbons (Fsp3) is 1.00. The largest absolute Gasteiger partial charge is 0.460 e. The molecular weight excluding hydrogens is 1710 g/mol. The van der Waals surface area contributed by atoms with Crippen molar-refractivity contribution < 1.29 is 193 Å². The Hall–Kier alpha value is -2.43. The maximum absolute atomic E-state index is 13.6. The molecule has 6 atom stereocenters. The van der Waals surface area contributed by atoms with Gasteiger partial charge >= 0.3 is 60.5 Å². The zero-order valence-corrected chi connectivity index (χ0v) is 60.3. The third-order valence-electron chi connectivity index (χ3n) is 14.8. The summed E-state index contributed by atoms with van der Waals surface area (Å²) >= 11 is 0. The van der Waals surface area contributed by atoms with Crippen molar-refractivity contribution in [1.29, 1.82) is 0 Å². The highest BCUT2D eigenvalue weighted by atomic mass is 19.4. The van der Waals surface area contributed by atoms with E-state index in [0.717, 1.165) is 0 Å². The van der Waals surface area contributed by atoms with E-state index in [1.54, 1.807) is 27.7 Å². The van der Waals surface area contributed by atoms with Crippen LogP contribution in [0.2, 0.25) is 0 Å². The summed E-state index contributed by atoms with van der Waals surface area (Å²) in [6.45, 7) is 8.23. The number of ether oxygens (including phenoxy) is 11. The van der Waals surface area contributed by atoms with Crippen molar-refractivity contribution in [3.8, 4) is 0 Å². The van der Waals surface area contributed by atoms with Gasteiger partial charge in [-0.25, -0.2) is 0 Å². The van der Waals surface area contributed by atoms with Crippen molar-refractivity contribution >= 4 is 0 Å². The molecule has 774 valence electrons. The minimum absolute atomic E-state index is 0. The Kier molecular flexibility index (Phi) is 99.9. The first kappa shape index (κ1) is 173. The first-order chi connectivity index (χ1) is 46.5. The number of hydrogen-bond donors (Lipinski definition) is 6. The van der Waals surface area contributed by atoms with Crippen molar-refractivity contribution in [3.05, 3.63) is 0 Å². The van der Waals surface area contributed by atoms with E-state index < -0.39 is 202 Å². The Morgan fingerprint density at radius 3 is 0.508 bits per heavy atom. The fourth-order valence-corrected chi connectivity index (χ4v) is 7.42. The molecule has 0 saturated heterocycles. The summed E-state index contributed by atoms with van der Waals surface area (Å²) in [5.74, 6) is -29.5. The number of aliphatic hydroxyl groups is 6. The standard InChI is InChI=1S/C22H37F9O5.C21H34F10O6.C19H34F6O6.18CH4/c1-6-17(4,9-32)13-35-11-16(2,3)12-36-15-18(5,10-33)14-34-8-7-19(23,24)20(25,26)21(27,28)22(29,30)31;1-15(2,7-34-9-16(3,5-32)11-36-13-18(22,23)20(26,27)28)8-35-10-17(4,6-33)12-37-14-19(24,25)21(29,30)31;1-15(2,7-28-9-16(3,5-26)11-30-13-18(20,21)22)8-29-10-17(4,6-27)12-31-14-19(23,24)25;;;;;;;;;;;;;;;;;;/h32-33H,6-15H2,1-5H3;32-33H,5-14H2,1-4H3;26-27H,5-14H2,1-4H3;18*1H4. The van der Waals surface area contributed by atoms with Crippen LogP contribution in [-0.4, -0.2) is 276 Å². The van der Waals surface area contributed by atoms with E-state index in [-0.39, 0.29) is 226 Å². The summed E-state index contributed by atoms with van der Waals surface area (Å²) in [6, 6.07) is 0. The van der Waals surface area contributed by atoms with E-state index in [2.05, 4.69) is 18.9 Å². The zero-order chi connectivity index (χ0) is 82.5. The zero-order valence-electron chi connectivity index (χ0n) is 60.3. The summed E-state index contributed by atoms with van der Waals surface area (Å²) in [4.78, 5) is 0. The average molecular weight is 1890 g/mol. The lowest BCUT2D eigenvalue weighted by Crippen LogP contribution is -2.61.